The predicted molar refractivity (Wildman–Crippen MR) is 84.4 cm³/mol. The van der Waals surface area contributed by atoms with Gasteiger partial charge in [-0.25, -0.2) is 8.42 Å². The molecule has 124 valence electrons. The molecule has 0 aliphatic heterocycles. The van der Waals surface area contributed by atoms with Crippen LogP contribution >= 0.6 is 0 Å². The molecule has 0 N–H and O–H groups in total. The Hall–Kier alpha value is -2.26. The Morgan fingerprint density at radius 2 is 1.83 bits per heavy atom. The average molecular weight is 338 g/mol. The second-order valence-electron chi connectivity index (χ2n) is 5.29. The fourth-order valence-electron chi connectivity index (χ4n) is 2.27. The summed E-state index contributed by atoms with van der Waals surface area (Å²) in [7, 11) is -0.453. The smallest absolute Gasteiger partial charge is 0.269 e. The summed E-state index contributed by atoms with van der Waals surface area (Å²) in [4.78, 5) is 10.1. The topological polar surface area (TPSA) is 98.3 Å². The highest BCUT2D eigenvalue weighted by Crippen LogP contribution is 2.22. The van der Waals surface area contributed by atoms with Gasteiger partial charge < -0.3 is 0 Å². The number of aryl methyl sites for hydroxylation is 2. The van der Waals surface area contributed by atoms with Crippen molar-refractivity contribution < 1.29 is 13.3 Å². The van der Waals surface area contributed by atoms with Crippen LogP contribution in [-0.4, -0.2) is 34.5 Å². The minimum atomic E-state index is -3.73. The van der Waals surface area contributed by atoms with Crippen molar-refractivity contribution in [2.24, 2.45) is 7.05 Å². The van der Waals surface area contributed by atoms with Gasteiger partial charge in [-0.1, -0.05) is 0 Å². The number of non-ortho nitro benzene ring substituents is 1. The van der Waals surface area contributed by atoms with E-state index in [1.807, 2.05) is 13.8 Å². The zero-order valence-corrected chi connectivity index (χ0v) is 14.2. The molecule has 0 aliphatic rings. The Balaban J connectivity index is 2.29. The first kappa shape index (κ1) is 17.1. The molecule has 0 atom stereocenters. The van der Waals surface area contributed by atoms with E-state index in [4.69, 9.17) is 0 Å². The SMILES string of the molecule is Cc1nn(C)c(C)c1CN(C)S(=O)(=O)c1ccc([N+](=O)[O-])cc1. The van der Waals surface area contributed by atoms with Gasteiger partial charge in [-0.2, -0.15) is 9.40 Å². The number of nitro groups is 1. The van der Waals surface area contributed by atoms with Crippen LogP contribution in [0.2, 0.25) is 0 Å². The van der Waals surface area contributed by atoms with E-state index >= 15 is 0 Å². The predicted octanol–water partition coefficient (Wildman–Crippen LogP) is 1.77. The Labute approximate surface area is 134 Å². The normalized spacial score (nSPS) is 11.9. The van der Waals surface area contributed by atoms with Crippen LogP contribution in [0.5, 0.6) is 0 Å². The number of aromatic nitrogens is 2. The van der Waals surface area contributed by atoms with Gasteiger partial charge >= 0.3 is 0 Å². The first-order valence-electron chi connectivity index (χ1n) is 6.84. The van der Waals surface area contributed by atoms with Gasteiger partial charge in [0, 0.05) is 44.0 Å². The average Bonchev–Trinajstić information content (AvgIpc) is 2.73. The summed E-state index contributed by atoms with van der Waals surface area (Å²) in [5, 5.41) is 14.9. The van der Waals surface area contributed by atoms with Crippen LogP contribution in [0, 0.1) is 24.0 Å². The van der Waals surface area contributed by atoms with E-state index in [-0.39, 0.29) is 17.1 Å². The number of hydrogen-bond acceptors (Lipinski definition) is 5. The van der Waals surface area contributed by atoms with E-state index in [9.17, 15) is 18.5 Å². The fourth-order valence-corrected chi connectivity index (χ4v) is 3.41. The third kappa shape index (κ3) is 3.25. The van der Waals surface area contributed by atoms with E-state index < -0.39 is 14.9 Å². The molecule has 0 saturated carbocycles. The minimum Gasteiger partial charge on any atom is -0.272 e. The molecular formula is C14H18N4O4S. The van der Waals surface area contributed by atoms with Crippen molar-refractivity contribution in [3.8, 4) is 0 Å². The van der Waals surface area contributed by atoms with E-state index in [1.54, 1.807) is 11.7 Å². The largest absolute Gasteiger partial charge is 0.272 e. The summed E-state index contributed by atoms with van der Waals surface area (Å²) in [5.41, 5.74) is 2.37. The van der Waals surface area contributed by atoms with E-state index in [0.29, 0.717) is 0 Å². The zero-order valence-electron chi connectivity index (χ0n) is 13.3. The maximum atomic E-state index is 12.6. The van der Waals surface area contributed by atoms with Gasteiger partial charge in [0.05, 0.1) is 15.5 Å². The molecule has 23 heavy (non-hydrogen) atoms. The number of hydrogen-bond donors (Lipinski definition) is 0. The second kappa shape index (κ2) is 6.09. The van der Waals surface area contributed by atoms with Gasteiger partial charge in [0.25, 0.3) is 5.69 Å². The monoisotopic (exact) mass is 338 g/mol. The van der Waals surface area contributed by atoms with Crippen molar-refractivity contribution in [3.05, 3.63) is 51.3 Å². The number of rotatable bonds is 5. The van der Waals surface area contributed by atoms with Gasteiger partial charge in [0.1, 0.15) is 0 Å². The maximum Gasteiger partial charge on any atom is 0.269 e. The molecule has 1 aromatic heterocycles. The maximum absolute atomic E-state index is 12.6. The summed E-state index contributed by atoms with van der Waals surface area (Å²) in [5.74, 6) is 0. The van der Waals surface area contributed by atoms with Crippen LogP contribution in [-0.2, 0) is 23.6 Å². The van der Waals surface area contributed by atoms with Crippen LogP contribution in [0.25, 0.3) is 0 Å². The Bertz CT molecular complexity index is 840. The van der Waals surface area contributed by atoms with Gasteiger partial charge in [-0.3, -0.25) is 14.8 Å². The first-order chi connectivity index (χ1) is 10.6. The van der Waals surface area contributed by atoms with E-state index in [2.05, 4.69) is 5.10 Å². The standard InChI is InChI=1S/C14H18N4O4S/c1-10-14(11(2)17(4)15-10)9-16(3)23(21,22)13-7-5-12(6-8-13)18(19)20/h5-8H,9H2,1-4H3. The van der Waals surface area contributed by atoms with Crippen molar-refractivity contribution >= 4 is 15.7 Å². The summed E-state index contributed by atoms with van der Waals surface area (Å²) in [6.45, 7) is 3.89. The molecule has 9 heteroatoms. The second-order valence-corrected chi connectivity index (χ2v) is 7.33. The molecule has 8 nitrogen and oxygen atoms in total. The Morgan fingerprint density at radius 1 is 1.26 bits per heavy atom. The highest BCUT2D eigenvalue weighted by molar-refractivity contribution is 7.89. The lowest BCUT2D eigenvalue weighted by Gasteiger charge is -2.17. The summed E-state index contributed by atoms with van der Waals surface area (Å²) < 4.78 is 28.1. The summed E-state index contributed by atoms with van der Waals surface area (Å²) in [6.07, 6.45) is 0. The molecule has 0 radical (unpaired) electrons. The van der Waals surface area contributed by atoms with Gasteiger partial charge in [0.15, 0.2) is 0 Å². The van der Waals surface area contributed by atoms with Crippen molar-refractivity contribution in [3.63, 3.8) is 0 Å². The van der Waals surface area contributed by atoms with Gasteiger partial charge in [-0.15, -0.1) is 0 Å². The summed E-state index contributed by atoms with van der Waals surface area (Å²) >= 11 is 0. The molecule has 2 rings (SSSR count). The lowest BCUT2D eigenvalue weighted by molar-refractivity contribution is -0.384. The number of nitrogens with zero attached hydrogens (tertiary/aromatic N) is 4. The first-order valence-corrected chi connectivity index (χ1v) is 8.28. The Morgan fingerprint density at radius 3 is 2.26 bits per heavy atom. The van der Waals surface area contributed by atoms with Crippen LogP contribution in [0.15, 0.2) is 29.2 Å². The van der Waals surface area contributed by atoms with Gasteiger partial charge in [-0.05, 0) is 26.0 Å². The molecule has 0 spiro atoms. The van der Waals surface area contributed by atoms with Gasteiger partial charge in [0.2, 0.25) is 10.0 Å². The molecule has 0 aliphatic carbocycles. The minimum absolute atomic E-state index is 0.0183. The van der Waals surface area contributed by atoms with Crippen LogP contribution < -0.4 is 0 Å². The molecule has 2 aromatic rings. The summed E-state index contributed by atoms with van der Waals surface area (Å²) in [6, 6.07) is 4.85. The van der Waals surface area contributed by atoms with Crippen LogP contribution in [0.3, 0.4) is 0 Å². The fraction of sp³-hybridized carbons (Fsp3) is 0.357. The van der Waals surface area contributed by atoms with E-state index in [1.165, 1.54) is 35.6 Å². The highest BCUT2D eigenvalue weighted by Gasteiger charge is 2.24. The molecule has 0 unspecified atom stereocenters. The van der Waals surface area contributed by atoms with Crippen molar-refractivity contribution in [2.45, 2.75) is 25.3 Å². The molecule has 0 amide bonds. The third-order valence-electron chi connectivity index (χ3n) is 3.80. The number of benzene rings is 1. The lowest BCUT2D eigenvalue weighted by atomic mass is 10.2. The molecule has 1 heterocycles. The van der Waals surface area contributed by atoms with Crippen molar-refractivity contribution in [1.29, 1.82) is 0 Å². The number of sulfonamides is 1. The Kier molecular flexibility index (Phi) is 4.53. The molecular weight excluding hydrogens is 320 g/mol. The number of nitro benzene ring substituents is 1. The third-order valence-corrected chi connectivity index (χ3v) is 5.61. The quantitative estimate of drug-likeness (QED) is 0.611. The lowest BCUT2D eigenvalue weighted by Crippen LogP contribution is -2.27. The highest BCUT2D eigenvalue weighted by atomic mass is 32.2. The molecule has 0 saturated heterocycles. The van der Waals surface area contributed by atoms with Crippen LogP contribution in [0.4, 0.5) is 5.69 Å². The van der Waals surface area contributed by atoms with Crippen molar-refractivity contribution in [2.75, 3.05) is 7.05 Å². The zero-order chi connectivity index (χ0) is 17.4. The molecule has 0 bridgehead atoms. The van der Waals surface area contributed by atoms with E-state index in [0.717, 1.165) is 17.0 Å². The molecule has 1 aromatic carbocycles. The molecule has 0 fully saturated rings. The van der Waals surface area contributed by atoms with Crippen LogP contribution in [0.1, 0.15) is 17.0 Å². The van der Waals surface area contributed by atoms with Crippen molar-refractivity contribution in [1.82, 2.24) is 14.1 Å².